The van der Waals surface area contributed by atoms with E-state index in [0.29, 0.717) is 5.56 Å². The van der Waals surface area contributed by atoms with E-state index < -0.39 is 0 Å². The van der Waals surface area contributed by atoms with E-state index in [4.69, 9.17) is 0 Å². The first kappa shape index (κ1) is 12.2. The highest BCUT2D eigenvalue weighted by Crippen LogP contribution is 2.31. The smallest absolute Gasteiger partial charge is 0.126 e. The quantitative estimate of drug-likeness (QED) is 0.701. The molecule has 17 heavy (non-hydrogen) atoms. The van der Waals surface area contributed by atoms with Gasteiger partial charge in [0.25, 0.3) is 0 Å². The van der Waals surface area contributed by atoms with Gasteiger partial charge in [-0.25, -0.2) is 8.78 Å². The van der Waals surface area contributed by atoms with Gasteiger partial charge in [-0.3, -0.25) is 0 Å². The van der Waals surface area contributed by atoms with Gasteiger partial charge in [-0.05, 0) is 41.8 Å². The first-order chi connectivity index (χ1) is 8.08. The Morgan fingerprint density at radius 2 is 1.53 bits per heavy atom. The van der Waals surface area contributed by atoms with Crippen LogP contribution in [0, 0.1) is 18.6 Å². The summed E-state index contributed by atoms with van der Waals surface area (Å²) >= 11 is 3.49. The summed E-state index contributed by atoms with van der Waals surface area (Å²) in [5.74, 6) is -0.502. The number of hydrogen-bond acceptors (Lipinski definition) is 0. The molecular formula is C14H11BrF2. The van der Waals surface area contributed by atoms with Gasteiger partial charge in [0.15, 0.2) is 0 Å². The van der Waals surface area contributed by atoms with Gasteiger partial charge in [-0.1, -0.05) is 40.2 Å². The summed E-state index contributed by atoms with van der Waals surface area (Å²) in [6.07, 6.45) is 0. The van der Waals surface area contributed by atoms with Crippen molar-refractivity contribution in [3.8, 4) is 0 Å². The molecule has 1 unspecified atom stereocenters. The monoisotopic (exact) mass is 296 g/mol. The van der Waals surface area contributed by atoms with Crippen molar-refractivity contribution >= 4 is 15.9 Å². The molecule has 0 heterocycles. The number of aryl methyl sites for hydroxylation is 1. The fourth-order valence-corrected chi connectivity index (χ4v) is 2.18. The molecule has 2 rings (SSSR count). The Morgan fingerprint density at radius 3 is 2.12 bits per heavy atom. The SMILES string of the molecule is Cc1ccc(C(Br)c2ccc(F)cc2)cc1F. The van der Waals surface area contributed by atoms with E-state index in [1.54, 1.807) is 25.1 Å². The third kappa shape index (κ3) is 2.72. The van der Waals surface area contributed by atoms with Gasteiger partial charge in [0.1, 0.15) is 11.6 Å². The van der Waals surface area contributed by atoms with Crippen LogP contribution >= 0.6 is 15.9 Å². The van der Waals surface area contributed by atoms with E-state index in [2.05, 4.69) is 15.9 Å². The predicted octanol–water partition coefficient (Wildman–Crippen LogP) is 4.76. The first-order valence-corrected chi connectivity index (χ1v) is 6.15. The topological polar surface area (TPSA) is 0 Å². The molecule has 2 aromatic rings. The van der Waals surface area contributed by atoms with Crippen molar-refractivity contribution in [2.24, 2.45) is 0 Å². The Balaban J connectivity index is 2.33. The summed E-state index contributed by atoms with van der Waals surface area (Å²) in [4.78, 5) is -0.127. The summed E-state index contributed by atoms with van der Waals surface area (Å²) in [5.41, 5.74) is 2.34. The van der Waals surface area contributed by atoms with Crippen LogP contribution in [0.15, 0.2) is 42.5 Å². The number of benzene rings is 2. The van der Waals surface area contributed by atoms with Crippen LogP contribution in [0.2, 0.25) is 0 Å². The molecule has 3 heteroatoms. The van der Waals surface area contributed by atoms with E-state index in [-0.39, 0.29) is 16.5 Å². The second-order valence-electron chi connectivity index (χ2n) is 3.92. The molecule has 0 spiro atoms. The van der Waals surface area contributed by atoms with Crippen LogP contribution in [0.5, 0.6) is 0 Å². The van der Waals surface area contributed by atoms with Crippen molar-refractivity contribution in [3.63, 3.8) is 0 Å². The van der Waals surface area contributed by atoms with Crippen LogP contribution in [0.4, 0.5) is 8.78 Å². The highest BCUT2D eigenvalue weighted by molar-refractivity contribution is 9.09. The Kier molecular flexibility index (Phi) is 3.57. The van der Waals surface area contributed by atoms with Gasteiger partial charge in [0.2, 0.25) is 0 Å². The molecule has 0 N–H and O–H groups in total. The summed E-state index contributed by atoms with van der Waals surface area (Å²) in [6, 6.07) is 11.3. The van der Waals surface area contributed by atoms with Crippen molar-refractivity contribution in [1.29, 1.82) is 0 Å². The molecule has 2 aromatic carbocycles. The molecule has 0 aromatic heterocycles. The normalized spacial score (nSPS) is 12.5. The van der Waals surface area contributed by atoms with Gasteiger partial charge in [-0.15, -0.1) is 0 Å². The Hall–Kier alpha value is -1.22. The highest BCUT2D eigenvalue weighted by Gasteiger charge is 2.11. The number of rotatable bonds is 2. The molecule has 88 valence electrons. The lowest BCUT2D eigenvalue weighted by Gasteiger charge is -2.11. The van der Waals surface area contributed by atoms with Gasteiger partial charge >= 0.3 is 0 Å². The predicted molar refractivity (Wildman–Crippen MR) is 68.3 cm³/mol. The zero-order valence-corrected chi connectivity index (χ0v) is 10.8. The van der Waals surface area contributed by atoms with Crippen LogP contribution in [0.3, 0.4) is 0 Å². The molecule has 0 radical (unpaired) electrons. The summed E-state index contributed by atoms with van der Waals surface area (Å²) in [5, 5.41) is 0. The maximum absolute atomic E-state index is 13.4. The lowest BCUT2D eigenvalue weighted by atomic mass is 10.0. The van der Waals surface area contributed by atoms with Crippen LogP contribution < -0.4 is 0 Å². The van der Waals surface area contributed by atoms with E-state index in [0.717, 1.165) is 11.1 Å². The van der Waals surface area contributed by atoms with Crippen molar-refractivity contribution in [2.75, 3.05) is 0 Å². The molecule has 0 fully saturated rings. The minimum Gasteiger partial charge on any atom is -0.207 e. The number of halogens is 3. The zero-order chi connectivity index (χ0) is 12.4. The van der Waals surface area contributed by atoms with Gasteiger partial charge in [0.05, 0.1) is 4.83 Å². The van der Waals surface area contributed by atoms with Crippen LogP contribution in [0.25, 0.3) is 0 Å². The van der Waals surface area contributed by atoms with Gasteiger partial charge in [-0.2, -0.15) is 0 Å². The second-order valence-corrected chi connectivity index (χ2v) is 4.84. The average Bonchev–Trinajstić information content (AvgIpc) is 2.33. The van der Waals surface area contributed by atoms with E-state index in [1.807, 2.05) is 6.07 Å². The number of hydrogen-bond donors (Lipinski definition) is 0. The molecule has 0 amide bonds. The fraction of sp³-hybridized carbons (Fsp3) is 0.143. The minimum absolute atomic E-state index is 0.127. The average molecular weight is 297 g/mol. The molecular weight excluding hydrogens is 286 g/mol. The van der Waals surface area contributed by atoms with Crippen molar-refractivity contribution < 1.29 is 8.78 Å². The molecule has 0 nitrogen and oxygen atoms in total. The van der Waals surface area contributed by atoms with E-state index in [1.165, 1.54) is 18.2 Å². The Morgan fingerprint density at radius 1 is 0.941 bits per heavy atom. The molecule has 0 aliphatic rings. The van der Waals surface area contributed by atoms with Crippen molar-refractivity contribution in [2.45, 2.75) is 11.8 Å². The van der Waals surface area contributed by atoms with E-state index >= 15 is 0 Å². The third-order valence-electron chi connectivity index (χ3n) is 2.65. The summed E-state index contributed by atoms with van der Waals surface area (Å²) in [6.45, 7) is 1.72. The van der Waals surface area contributed by atoms with Crippen LogP contribution in [-0.4, -0.2) is 0 Å². The van der Waals surface area contributed by atoms with Crippen LogP contribution in [0.1, 0.15) is 21.5 Å². The Labute approximate surface area is 107 Å². The molecule has 0 saturated heterocycles. The summed E-state index contributed by atoms with van der Waals surface area (Å²) < 4.78 is 26.2. The lowest BCUT2D eigenvalue weighted by Crippen LogP contribution is -1.95. The second kappa shape index (κ2) is 4.96. The van der Waals surface area contributed by atoms with E-state index in [9.17, 15) is 8.78 Å². The molecule has 0 saturated carbocycles. The molecule has 0 aliphatic carbocycles. The zero-order valence-electron chi connectivity index (χ0n) is 9.25. The maximum Gasteiger partial charge on any atom is 0.126 e. The standard InChI is InChI=1S/C14H11BrF2/c1-9-2-3-11(8-13(9)17)14(15)10-4-6-12(16)7-5-10/h2-8,14H,1H3. The first-order valence-electron chi connectivity index (χ1n) is 5.23. The molecule has 1 atom stereocenters. The minimum atomic E-state index is -0.275. The van der Waals surface area contributed by atoms with Gasteiger partial charge < -0.3 is 0 Å². The number of alkyl halides is 1. The fourth-order valence-electron chi connectivity index (χ4n) is 1.59. The largest absolute Gasteiger partial charge is 0.207 e. The highest BCUT2D eigenvalue weighted by atomic mass is 79.9. The van der Waals surface area contributed by atoms with Gasteiger partial charge in [0, 0.05) is 0 Å². The molecule has 0 aliphatic heterocycles. The summed E-state index contributed by atoms with van der Waals surface area (Å²) in [7, 11) is 0. The van der Waals surface area contributed by atoms with Crippen molar-refractivity contribution in [3.05, 3.63) is 70.8 Å². The third-order valence-corrected chi connectivity index (χ3v) is 3.71. The lowest BCUT2D eigenvalue weighted by molar-refractivity contribution is 0.616. The molecule has 0 bridgehead atoms. The maximum atomic E-state index is 13.4. The Bertz CT molecular complexity index is 520. The van der Waals surface area contributed by atoms with Crippen molar-refractivity contribution in [1.82, 2.24) is 0 Å². The van der Waals surface area contributed by atoms with Crippen LogP contribution in [-0.2, 0) is 0 Å².